The molecule has 4 nitrogen and oxygen atoms in total. The highest BCUT2D eigenvalue weighted by atomic mass is 32.2. The topological polar surface area (TPSA) is 61.2 Å². The van der Waals surface area contributed by atoms with E-state index in [9.17, 15) is 8.42 Å². The molecule has 1 aromatic carbocycles. The first-order valence-electron chi connectivity index (χ1n) is 6.20. The van der Waals surface area contributed by atoms with Gasteiger partial charge < -0.3 is 0 Å². The summed E-state index contributed by atoms with van der Waals surface area (Å²) in [6.07, 6.45) is 0. The lowest BCUT2D eigenvalue weighted by molar-refractivity contribution is 0.315. The average Bonchev–Trinajstić information content (AvgIpc) is 2.37. The lowest BCUT2D eigenvalue weighted by Crippen LogP contribution is -2.38. The summed E-state index contributed by atoms with van der Waals surface area (Å²) in [5.74, 6) is 0.222. The minimum absolute atomic E-state index is 0.102. The zero-order chi connectivity index (χ0) is 14.8. The molecular weight excluding hydrogens is 260 g/mol. The molecule has 19 heavy (non-hydrogen) atoms. The number of sulfonamides is 1. The Labute approximate surface area is 115 Å². The molecule has 0 aliphatic carbocycles. The number of hydrogen-bond acceptors (Lipinski definition) is 3. The second-order valence-electron chi connectivity index (χ2n) is 5.10. The first-order valence-corrected chi connectivity index (χ1v) is 7.64. The fourth-order valence-corrected chi connectivity index (χ4v) is 3.48. The lowest BCUT2D eigenvalue weighted by atomic mass is 10.1. The third-order valence-corrected chi connectivity index (χ3v) is 5.60. The molecule has 0 aromatic heterocycles. The molecule has 1 aromatic rings. The van der Waals surface area contributed by atoms with Gasteiger partial charge in [-0.05, 0) is 37.5 Å². The van der Waals surface area contributed by atoms with Crippen molar-refractivity contribution in [3.05, 3.63) is 29.3 Å². The molecule has 104 valence electrons. The highest BCUT2D eigenvalue weighted by Crippen LogP contribution is 2.23. The minimum Gasteiger partial charge on any atom is -0.207 e. The van der Waals surface area contributed by atoms with Crippen LogP contribution in [0.15, 0.2) is 23.1 Å². The van der Waals surface area contributed by atoms with Gasteiger partial charge >= 0.3 is 0 Å². The highest BCUT2D eigenvalue weighted by molar-refractivity contribution is 7.89. The van der Waals surface area contributed by atoms with Crippen LogP contribution in [-0.4, -0.2) is 25.8 Å². The van der Waals surface area contributed by atoms with Crippen molar-refractivity contribution < 1.29 is 8.42 Å². The molecule has 1 rings (SSSR count). The lowest BCUT2D eigenvalue weighted by Gasteiger charge is -2.27. The molecule has 0 spiro atoms. The number of hydrogen-bond donors (Lipinski definition) is 0. The van der Waals surface area contributed by atoms with E-state index in [4.69, 9.17) is 5.26 Å². The van der Waals surface area contributed by atoms with Gasteiger partial charge in [-0.2, -0.15) is 9.57 Å². The Morgan fingerprint density at radius 1 is 1.26 bits per heavy atom. The summed E-state index contributed by atoms with van der Waals surface area (Å²) < 4.78 is 26.5. The standard InChI is InChI=1S/C14H20N2O2S/c1-10(2)12(4)16(5)19(17,18)14-8-13(9-15)7-6-11(14)3/h6-8,10,12H,1-5H3. The van der Waals surface area contributed by atoms with E-state index in [0.717, 1.165) is 0 Å². The Kier molecular flexibility index (Phi) is 4.72. The first kappa shape index (κ1) is 15.7. The maximum Gasteiger partial charge on any atom is 0.243 e. The van der Waals surface area contributed by atoms with E-state index in [0.29, 0.717) is 11.1 Å². The molecule has 0 amide bonds. The Morgan fingerprint density at radius 3 is 2.32 bits per heavy atom. The van der Waals surface area contributed by atoms with Gasteiger partial charge in [0.2, 0.25) is 10.0 Å². The van der Waals surface area contributed by atoms with Crippen molar-refractivity contribution in [3.63, 3.8) is 0 Å². The molecule has 5 heteroatoms. The van der Waals surface area contributed by atoms with Crippen LogP contribution in [-0.2, 0) is 10.0 Å². The third-order valence-electron chi connectivity index (χ3n) is 3.51. The molecule has 0 N–H and O–H groups in total. The molecule has 0 aliphatic rings. The van der Waals surface area contributed by atoms with Crippen LogP contribution in [0.25, 0.3) is 0 Å². The number of aryl methyl sites for hydroxylation is 1. The normalized spacial score (nSPS) is 13.6. The molecule has 0 bridgehead atoms. The Balaban J connectivity index is 3.32. The third kappa shape index (κ3) is 3.14. The van der Waals surface area contributed by atoms with Crippen LogP contribution in [0.3, 0.4) is 0 Å². The van der Waals surface area contributed by atoms with Gasteiger partial charge in [0.05, 0.1) is 16.5 Å². The smallest absolute Gasteiger partial charge is 0.207 e. The summed E-state index contributed by atoms with van der Waals surface area (Å²) in [5, 5.41) is 8.90. The number of rotatable bonds is 4. The monoisotopic (exact) mass is 280 g/mol. The zero-order valence-corrected chi connectivity index (χ0v) is 12.8. The van der Waals surface area contributed by atoms with Gasteiger partial charge in [-0.1, -0.05) is 19.9 Å². The highest BCUT2D eigenvalue weighted by Gasteiger charge is 2.28. The van der Waals surface area contributed by atoms with Crippen molar-refractivity contribution in [1.29, 1.82) is 5.26 Å². The van der Waals surface area contributed by atoms with Crippen LogP contribution in [0.1, 0.15) is 31.9 Å². The van der Waals surface area contributed by atoms with E-state index in [1.54, 1.807) is 26.1 Å². The van der Waals surface area contributed by atoms with Gasteiger partial charge in [-0.25, -0.2) is 8.42 Å². The Bertz CT molecular complexity index is 600. The summed E-state index contributed by atoms with van der Waals surface area (Å²) in [7, 11) is -1.98. The number of nitrogens with zero attached hydrogens (tertiary/aromatic N) is 2. The molecule has 0 heterocycles. The Hall–Kier alpha value is -1.38. The summed E-state index contributed by atoms with van der Waals surface area (Å²) in [5.41, 5.74) is 1.01. The molecule has 0 saturated heterocycles. The molecule has 0 saturated carbocycles. The second kappa shape index (κ2) is 5.72. The van der Waals surface area contributed by atoms with E-state index in [1.807, 2.05) is 26.8 Å². The predicted molar refractivity (Wildman–Crippen MR) is 75.1 cm³/mol. The van der Waals surface area contributed by atoms with E-state index in [2.05, 4.69) is 0 Å². The van der Waals surface area contributed by atoms with Crippen molar-refractivity contribution in [2.75, 3.05) is 7.05 Å². The largest absolute Gasteiger partial charge is 0.243 e. The maximum absolute atomic E-state index is 12.6. The summed E-state index contributed by atoms with van der Waals surface area (Å²) in [6, 6.07) is 6.60. The van der Waals surface area contributed by atoms with Crippen molar-refractivity contribution in [1.82, 2.24) is 4.31 Å². The van der Waals surface area contributed by atoms with Gasteiger partial charge in [-0.3, -0.25) is 0 Å². The molecule has 0 aliphatic heterocycles. The van der Waals surface area contributed by atoms with Gasteiger partial charge in [0.25, 0.3) is 0 Å². The summed E-state index contributed by atoms with van der Waals surface area (Å²) in [4.78, 5) is 0.210. The summed E-state index contributed by atoms with van der Waals surface area (Å²) >= 11 is 0. The van der Waals surface area contributed by atoms with Crippen molar-refractivity contribution in [3.8, 4) is 6.07 Å². The van der Waals surface area contributed by atoms with Crippen LogP contribution in [0.2, 0.25) is 0 Å². The quantitative estimate of drug-likeness (QED) is 0.851. The van der Waals surface area contributed by atoms with Gasteiger partial charge in [-0.15, -0.1) is 0 Å². The molecular formula is C14H20N2O2S. The summed E-state index contributed by atoms with van der Waals surface area (Å²) in [6.45, 7) is 7.58. The Morgan fingerprint density at radius 2 is 1.84 bits per heavy atom. The van der Waals surface area contributed by atoms with Crippen LogP contribution < -0.4 is 0 Å². The van der Waals surface area contributed by atoms with Gasteiger partial charge in [0.1, 0.15) is 0 Å². The minimum atomic E-state index is -3.56. The average molecular weight is 280 g/mol. The molecule has 0 fully saturated rings. The van der Waals surface area contributed by atoms with Crippen molar-refractivity contribution in [2.24, 2.45) is 5.92 Å². The van der Waals surface area contributed by atoms with E-state index >= 15 is 0 Å². The van der Waals surface area contributed by atoms with Crippen LogP contribution in [0.5, 0.6) is 0 Å². The maximum atomic E-state index is 12.6. The van der Waals surface area contributed by atoms with Crippen LogP contribution in [0, 0.1) is 24.2 Å². The van der Waals surface area contributed by atoms with E-state index < -0.39 is 10.0 Å². The zero-order valence-electron chi connectivity index (χ0n) is 12.0. The van der Waals surface area contributed by atoms with Gasteiger partial charge in [0.15, 0.2) is 0 Å². The molecule has 1 unspecified atom stereocenters. The van der Waals surface area contributed by atoms with Crippen LogP contribution in [0.4, 0.5) is 0 Å². The number of benzene rings is 1. The fraction of sp³-hybridized carbons (Fsp3) is 0.500. The second-order valence-corrected chi connectivity index (χ2v) is 7.06. The molecule has 1 atom stereocenters. The molecule has 0 radical (unpaired) electrons. The van der Waals surface area contributed by atoms with Crippen molar-refractivity contribution in [2.45, 2.75) is 38.6 Å². The SMILES string of the molecule is Cc1ccc(C#N)cc1S(=O)(=O)N(C)C(C)C(C)C. The van der Waals surface area contributed by atoms with Crippen molar-refractivity contribution >= 4 is 10.0 Å². The fourth-order valence-electron chi connectivity index (χ4n) is 1.74. The predicted octanol–water partition coefficient (Wildman–Crippen LogP) is 2.53. The van der Waals surface area contributed by atoms with E-state index in [-0.39, 0.29) is 16.9 Å². The van der Waals surface area contributed by atoms with E-state index in [1.165, 1.54) is 10.4 Å². The number of nitriles is 1. The van der Waals surface area contributed by atoms with Crippen LogP contribution >= 0.6 is 0 Å². The van der Waals surface area contributed by atoms with Gasteiger partial charge in [0, 0.05) is 13.1 Å². The first-order chi connectivity index (χ1) is 8.71.